The van der Waals surface area contributed by atoms with Gasteiger partial charge in [-0.3, -0.25) is 9.78 Å². The third-order valence-corrected chi connectivity index (χ3v) is 5.08. The van der Waals surface area contributed by atoms with E-state index >= 15 is 0 Å². The van der Waals surface area contributed by atoms with Crippen LogP contribution in [0.4, 0.5) is 17.6 Å². The first kappa shape index (κ1) is 22.1. The largest absolute Gasteiger partial charge is 0.480 e. The molecule has 0 bridgehead atoms. The van der Waals surface area contributed by atoms with Gasteiger partial charge in [-0.2, -0.15) is 13.2 Å². The fraction of sp³-hybridized carbons (Fsp3) is 0.136. The second-order valence-corrected chi connectivity index (χ2v) is 7.17. The molecule has 33 heavy (non-hydrogen) atoms. The number of carbonyl (C=O) groups is 2. The Kier molecular flexibility index (Phi) is 5.40. The molecule has 7 nitrogen and oxygen atoms in total. The quantitative estimate of drug-likeness (QED) is 0.423. The molecule has 0 aliphatic rings. The van der Waals surface area contributed by atoms with E-state index in [0.29, 0.717) is 23.2 Å². The van der Waals surface area contributed by atoms with E-state index in [9.17, 15) is 27.2 Å². The van der Waals surface area contributed by atoms with Crippen LogP contribution in [-0.2, 0) is 17.5 Å². The fourth-order valence-corrected chi connectivity index (χ4v) is 3.71. The van der Waals surface area contributed by atoms with Crippen LogP contribution in [0.5, 0.6) is 5.75 Å². The van der Waals surface area contributed by atoms with Crippen molar-refractivity contribution in [3.8, 4) is 5.75 Å². The number of amides is 1. The maximum atomic E-state index is 14.5. The maximum absolute atomic E-state index is 14.5. The highest BCUT2D eigenvalue weighted by atomic mass is 19.4. The number of halogens is 4. The molecule has 2 aromatic heterocycles. The molecule has 0 unspecified atom stereocenters. The molecule has 0 saturated heterocycles. The first-order valence-electron chi connectivity index (χ1n) is 9.47. The summed E-state index contributed by atoms with van der Waals surface area (Å²) in [6.45, 7) is -1.03. The normalized spacial score (nSPS) is 11.8. The third kappa shape index (κ3) is 4.04. The van der Waals surface area contributed by atoms with Gasteiger partial charge in [0.05, 0.1) is 40.9 Å². The summed E-state index contributed by atoms with van der Waals surface area (Å²) in [6, 6.07) is 6.64. The topological polar surface area (TPSA) is 107 Å². The van der Waals surface area contributed by atoms with Gasteiger partial charge in [0.15, 0.2) is 6.61 Å². The first-order chi connectivity index (χ1) is 15.6. The van der Waals surface area contributed by atoms with E-state index in [1.54, 1.807) is 6.07 Å². The van der Waals surface area contributed by atoms with Crippen LogP contribution >= 0.6 is 0 Å². The van der Waals surface area contributed by atoms with Crippen molar-refractivity contribution in [2.75, 3.05) is 6.61 Å². The molecule has 170 valence electrons. The molecule has 0 aliphatic heterocycles. The number of nitrogens with two attached hydrogens (primary N) is 1. The number of pyridine rings is 1. The van der Waals surface area contributed by atoms with Crippen molar-refractivity contribution in [1.29, 1.82) is 0 Å². The Morgan fingerprint density at radius 2 is 1.85 bits per heavy atom. The minimum Gasteiger partial charge on any atom is -0.480 e. The van der Waals surface area contributed by atoms with Gasteiger partial charge in [-0.1, -0.05) is 6.07 Å². The number of fused-ring (bicyclic) bond motifs is 3. The predicted molar refractivity (Wildman–Crippen MR) is 109 cm³/mol. The molecule has 2 aromatic carbocycles. The van der Waals surface area contributed by atoms with E-state index < -0.39 is 36.0 Å². The Balaban J connectivity index is 2.00. The van der Waals surface area contributed by atoms with Crippen molar-refractivity contribution in [2.45, 2.75) is 12.7 Å². The summed E-state index contributed by atoms with van der Waals surface area (Å²) in [5.74, 6) is -2.87. The lowest BCUT2D eigenvalue weighted by Crippen LogP contribution is -2.12. The summed E-state index contributed by atoms with van der Waals surface area (Å²) >= 11 is 0. The molecule has 0 spiro atoms. The molecule has 0 saturated carbocycles. The van der Waals surface area contributed by atoms with Crippen LogP contribution in [0.15, 0.2) is 48.8 Å². The molecule has 0 atom stereocenters. The molecule has 3 N–H and O–H groups in total. The second-order valence-electron chi connectivity index (χ2n) is 7.17. The Labute approximate surface area is 183 Å². The van der Waals surface area contributed by atoms with Gasteiger partial charge in [0.25, 0.3) is 0 Å². The summed E-state index contributed by atoms with van der Waals surface area (Å²) in [5, 5.41) is 9.53. The number of benzene rings is 2. The standard InChI is InChI=1S/C22H15F4N3O4/c23-14-5-4-12(22(24,25)26)6-11(14)9-29-15-3-1-2-13(21(27)32)19(15)20-16(29)7-28-8-17(20)33-10-18(30)31/h1-8H,9-10H2,(H2,27,32)(H,30,31). The molecule has 11 heteroatoms. The maximum Gasteiger partial charge on any atom is 0.416 e. The van der Waals surface area contributed by atoms with Crippen molar-refractivity contribution in [3.05, 3.63) is 71.3 Å². The SMILES string of the molecule is NC(=O)c1cccc2c1c1c(OCC(=O)O)cncc1n2Cc1cc(C(F)(F)F)ccc1F. The van der Waals surface area contributed by atoms with E-state index in [2.05, 4.69) is 4.98 Å². The number of primary amides is 1. The van der Waals surface area contributed by atoms with Crippen LogP contribution in [0.2, 0.25) is 0 Å². The zero-order valence-corrected chi connectivity index (χ0v) is 16.7. The Hall–Kier alpha value is -4.15. The van der Waals surface area contributed by atoms with Gasteiger partial charge in [-0.25, -0.2) is 9.18 Å². The zero-order valence-electron chi connectivity index (χ0n) is 16.7. The molecule has 0 radical (unpaired) electrons. The number of aromatic nitrogens is 2. The average molecular weight is 461 g/mol. The lowest BCUT2D eigenvalue weighted by molar-refractivity contribution is -0.139. The van der Waals surface area contributed by atoms with E-state index in [1.807, 2.05) is 0 Å². The van der Waals surface area contributed by atoms with Crippen LogP contribution < -0.4 is 10.5 Å². The monoisotopic (exact) mass is 461 g/mol. The molecular formula is C22H15F4N3O4. The van der Waals surface area contributed by atoms with Crippen molar-refractivity contribution < 1.29 is 37.0 Å². The minimum atomic E-state index is -4.66. The van der Waals surface area contributed by atoms with Crippen molar-refractivity contribution in [1.82, 2.24) is 9.55 Å². The predicted octanol–water partition coefficient (Wildman–Crippen LogP) is 3.96. The van der Waals surface area contributed by atoms with Crippen LogP contribution in [0.1, 0.15) is 21.5 Å². The number of carboxylic acid groups (broad SMARTS) is 1. The van der Waals surface area contributed by atoms with Crippen LogP contribution in [0.25, 0.3) is 21.8 Å². The molecule has 1 amide bonds. The first-order valence-corrected chi connectivity index (χ1v) is 9.47. The highest BCUT2D eigenvalue weighted by Gasteiger charge is 2.31. The van der Waals surface area contributed by atoms with Crippen molar-refractivity contribution >= 4 is 33.7 Å². The number of aliphatic carboxylic acids is 1. The molecule has 2 heterocycles. The molecular weight excluding hydrogens is 446 g/mol. The summed E-state index contributed by atoms with van der Waals surface area (Å²) in [7, 11) is 0. The average Bonchev–Trinajstić information content (AvgIpc) is 3.07. The Bertz CT molecular complexity index is 1410. The lowest BCUT2D eigenvalue weighted by Gasteiger charge is -2.12. The summed E-state index contributed by atoms with van der Waals surface area (Å²) < 4.78 is 60.8. The number of hydrogen-bond acceptors (Lipinski definition) is 4. The van der Waals surface area contributed by atoms with Gasteiger partial charge in [0.1, 0.15) is 11.6 Å². The summed E-state index contributed by atoms with van der Waals surface area (Å²) in [4.78, 5) is 27.1. The lowest BCUT2D eigenvalue weighted by atomic mass is 10.1. The van der Waals surface area contributed by atoms with Crippen LogP contribution in [0, 0.1) is 5.82 Å². The van der Waals surface area contributed by atoms with E-state index in [-0.39, 0.29) is 34.2 Å². The van der Waals surface area contributed by atoms with Gasteiger partial charge < -0.3 is 20.1 Å². The molecule has 4 rings (SSSR count). The zero-order chi connectivity index (χ0) is 23.9. The summed E-state index contributed by atoms with van der Waals surface area (Å²) in [6.07, 6.45) is -2.06. The highest BCUT2D eigenvalue weighted by Crippen LogP contribution is 2.38. The molecule has 0 aliphatic carbocycles. The number of ether oxygens (including phenoxy) is 1. The van der Waals surface area contributed by atoms with Crippen LogP contribution in [-0.4, -0.2) is 33.1 Å². The fourth-order valence-electron chi connectivity index (χ4n) is 3.71. The molecule has 4 aromatic rings. The van der Waals surface area contributed by atoms with Gasteiger partial charge in [-0.05, 0) is 30.3 Å². The minimum absolute atomic E-state index is 0.0249. The van der Waals surface area contributed by atoms with Gasteiger partial charge in [0.2, 0.25) is 5.91 Å². The van der Waals surface area contributed by atoms with Crippen LogP contribution in [0.3, 0.4) is 0 Å². The van der Waals surface area contributed by atoms with Gasteiger partial charge in [-0.15, -0.1) is 0 Å². The third-order valence-electron chi connectivity index (χ3n) is 5.08. The number of hydrogen-bond donors (Lipinski definition) is 2. The number of alkyl halides is 3. The van der Waals surface area contributed by atoms with Crippen molar-refractivity contribution in [3.63, 3.8) is 0 Å². The van der Waals surface area contributed by atoms with E-state index in [4.69, 9.17) is 15.6 Å². The molecule has 0 fully saturated rings. The number of nitrogens with zero attached hydrogens (tertiary/aromatic N) is 2. The summed E-state index contributed by atoms with van der Waals surface area (Å²) in [5.41, 5.74) is 4.97. The Morgan fingerprint density at radius 1 is 1.09 bits per heavy atom. The smallest absolute Gasteiger partial charge is 0.416 e. The van der Waals surface area contributed by atoms with Gasteiger partial charge in [0, 0.05) is 16.5 Å². The van der Waals surface area contributed by atoms with Crippen molar-refractivity contribution in [2.24, 2.45) is 5.73 Å². The van der Waals surface area contributed by atoms with E-state index in [1.165, 1.54) is 29.1 Å². The highest BCUT2D eigenvalue weighted by molar-refractivity contribution is 6.19. The van der Waals surface area contributed by atoms with Gasteiger partial charge >= 0.3 is 12.1 Å². The second kappa shape index (κ2) is 8.08. The van der Waals surface area contributed by atoms with E-state index in [0.717, 1.165) is 6.07 Å². The number of carbonyl (C=O) groups excluding carboxylic acids is 1. The number of rotatable bonds is 6. The Morgan fingerprint density at radius 3 is 2.52 bits per heavy atom. The number of carboxylic acids is 1.